The van der Waals surface area contributed by atoms with Gasteiger partial charge in [-0.2, -0.15) is 0 Å². The number of carbonyl (C=O) groups excluding carboxylic acids is 1. The molecule has 7 heteroatoms. The van der Waals surface area contributed by atoms with Gasteiger partial charge in [-0.3, -0.25) is 0 Å². The molecule has 0 aliphatic carbocycles. The summed E-state index contributed by atoms with van der Waals surface area (Å²) in [5.41, 5.74) is 0.956. The van der Waals surface area contributed by atoms with Crippen molar-refractivity contribution in [3.8, 4) is 0 Å². The van der Waals surface area contributed by atoms with E-state index < -0.39 is 11.8 Å². The van der Waals surface area contributed by atoms with Crippen LogP contribution in [0, 0.1) is 5.82 Å². The molecule has 0 atom stereocenters. The van der Waals surface area contributed by atoms with Crippen LogP contribution in [0.2, 0.25) is 5.02 Å². The number of imidazole rings is 1. The lowest BCUT2D eigenvalue weighted by molar-refractivity contribution is -0.255. The van der Waals surface area contributed by atoms with Crippen LogP contribution < -0.4 is 5.11 Å². The van der Waals surface area contributed by atoms with E-state index in [9.17, 15) is 14.3 Å². The average Bonchev–Trinajstić information content (AvgIpc) is 2.85. The van der Waals surface area contributed by atoms with Gasteiger partial charge in [0.15, 0.2) is 5.82 Å². The standard InChI is InChI=1S/C16H11BrClFN2O2/c1-21-7-20-15-13(21)6-11(16(22)23)10(14(15)19)4-8-2-3-9(17)5-12(8)18/h2-3,5-7H,4H2,1H3,(H,22,23)/p-1. The van der Waals surface area contributed by atoms with E-state index in [0.717, 1.165) is 4.47 Å². The van der Waals surface area contributed by atoms with Crippen LogP contribution in [0.4, 0.5) is 4.39 Å². The highest BCUT2D eigenvalue weighted by molar-refractivity contribution is 9.10. The van der Waals surface area contributed by atoms with Crippen molar-refractivity contribution in [1.82, 2.24) is 9.55 Å². The molecule has 4 nitrogen and oxygen atoms in total. The molecular weight excluding hydrogens is 387 g/mol. The molecule has 0 unspecified atom stereocenters. The van der Waals surface area contributed by atoms with Gasteiger partial charge in [-0.1, -0.05) is 33.6 Å². The summed E-state index contributed by atoms with van der Waals surface area (Å²) in [6.07, 6.45) is 1.47. The number of aryl methyl sites for hydroxylation is 1. The van der Waals surface area contributed by atoms with E-state index in [1.165, 1.54) is 12.4 Å². The molecule has 0 aliphatic rings. The van der Waals surface area contributed by atoms with Crippen molar-refractivity contribution in [2.75, 3.05) is 0 Å². The Balaban J connectivity index is 2.21. The van der Waals surface area contributed by atoms with Gasteiger partial charge in [0.05, 0.1) is 17.8 Å². The maximum atomic E-state index is 14.8. The molecule has 0 radical (unpaired) electrons. The Morgan fingerprint density at radius 2 is 2.17 bits per heavy atom. The normalized spacial score (nSPS) is 11.1. The molecule has 0 aliphatic heterocycles. The first kappa shape index (κ1) is 16.0. The molecule has 0 fully saturated rings. The minimum atomic E-state index is -1.43. The van der Waals surface area contributed by atoms with Gasteiger partial charge in [-0.05, 0) is 23.8 Å². The first-order valence-corrected chi connectivity index (χ1v) is 7.83. The van der Waals surface area contributed by atoms with Crippen LogP contribution in [0.5, 0.6) is 0 Å². The van der Waals surface area contributed by atoms with E-state index in [2.05, 4.69) is 20.9 Å². The second-order valence-corrected chi connectivity index (χ2v) is 6.46. The average molecular weight is 397 g/mol. The van der Waals surface area contributed by atoms with Crippen LogP contribution in [0.3, 0.4) is 0 Å². The second kappa shape index (κ2) is 5.94. The van der Waals surface area contributed by atoms with Crippen molar-refractivity contribution in [2.45, 2.75) is 6.42 Å². The van der Waals surface area contributed by atoms with Gasteiger partial charge in [0, 0.05) is 34.1 Å². The molecule has 0 saturated carbocycles. The van der Waals surface area contributed by atoms with Crippen molar-refractivity contribution >= 4 is 44.5 Å². The Labute approximate surface area is 144 Å². The predicted octanol–water partition coefficient (Wildman–Crippen LogP) is 3.08. The Hall–Kier alpha value is -1.92. The molecule has 1 aromatic heterocycles. The lowest BCUT2D eigenvalue weighted by Gasteiger charge is -2.14. The van der Waals surface area contributed by atoms with Gasteiger partial charge < -0.3 is 14.5 Å². The zero-order valence-corrected chi connectivity index (χ0v) is 14.3. The smallest absolute Gasteiger partial charge is 0.155 e. The number of rotatable bonds is 3. The highest BCUT2D eigenvalue weighted by atomic mass is 79.9. The van der Waals surface area contributed by atoms with Crippen LogP contribution in [-0.4, -0.2) is 15.5 Å². The maximum Gasteiger partial charge on any atom is 0.155 e. The molecule has 1 heterocycles. The Morgan fingerprint density at radius 1 is 1.43 bits per heavy atom. The van der Waals surface area contributed by atoms with Crippen molar-refractivity contribution in [1.29, 1.82) is 0 Å². The monoisotopic (exact) mass is 395 g/mol. The number of carboxylic acids is 1. The fraction of sp³-hybridized carbons (Fsp3) is 0.125. The number of hydrogen-bond acceptors (Lipinski definition) is 3. The number of halogens is 3. The molecule has 0 bridgehead atoms. The SMILES string of the molecule is Cn1cnc2c(F)c(Cc3ccc(Br)cc3Cl)c(C(=O)[O-])cc21. The second-order valence-electron chi connectivity index (χ2n) is 5.14. The highest BCUT2D eigenvalue weighted by Gasteiger charge is 2.18. The van der Waals surface area contributed by atoms with Crippen LogP contribution in [0.1, 0.15) is 21.5 Å². The van der Waals surface area contributed by atoms with Gasteiger partial charge in [0.25, 0.3) is 0 Å². The fourth-order valence-electron chi connectivity index (χ4n) is 2.47. The number of nitrogens with zero attached hydrogens (tertiary/aromatic N) is 2. The largest absolute Gasteiger partial charge is 0.545 e. The third kappa shape index (κ3) is 2.84. The van der Waals surface area contributed by atoms with Crippen molar-refractivity contribution in [3.63, 3.8) is 0 Å². The molecule has 3 rings (SSSR count). The predicted molar refractivity (Wildman–Crippen MR) is 87.0 cm³/mol. The zero-order chi connectivity index (χ0) is 16.7. The summed E-state index contributed by atoms with van der Waals surface area (Å²) in [7, 11) is 1.67. The van der Waals surface area contributed by atoms with Crippen LogP contribution >= 0.6 is 27.5 Å². The van der Waals surface area contributed by atoms with E-state index in [1.54, 1.807) is 29.8 Å². The number of carboxylic acid groups (broad SMARTS) is 1. The molecule has 0 saturated heterocycles. The molecule has 0 amide bonds. The van der Waals surface area contributed by atoms with Gasteiger partial charge >= 0.3 is 0 Å². The minimum absolute atomic E-state index is 0.0143. The first-order valence-electron chi connectivity index (χ1n) is 6.66. The molecule has 0 spiro atoms. The quantitative estimate of drug-likeness (QED) is 0.683. The van der Waals surface area contributed by atoms with E-state index in [4.69, 9.17) is 11.6 Å². The summed E-state index contributed by atoms with van der Waals surface area (Å²) >= 11 is 9.44. The summed E-state index contributed by atoms with van der Waals surface area (Å²) in [6.45, 7) is 0. The van der Waals surface area contributed by atoms with E-state index in [1.807, 2.05) is 0 Å². The topological polar surface area (TPSA) is 58.0 Å². The van der Waals surface area contributed by atoms with E-state index >= 15 is 0 Å². The summed E-state index contributed by atoms with van der Waals surface area (Å²) in [4.78, 5) is 15.4. The summed E-state index contributed by atoms with van der Waals surface area (Å²) in [5.74, 6) is -2.10. The van der Waals surface area contributed by atoms with Crippen LogP contribution in [0.15, 0.2) is 35.1 Å². The summed E-state index contributed by atoms with van der Waals surface area (Å²) in [5, 5.41) is 11.9. The Bertz CT molecular complexity index is 939. The number of aromatic nitrogens is 2. The van der Waals surface area contributed by atoms with Crippen molar-refractivity contribution in [2.24, 2.45) is 7.05 Å². The van der Waals surface area contributed by atoms with Crippen LogP contribution in [0.25, 0.3) is 11.0 Å². The number of hydrogen-bond donors (Lipinski definition) is 0. The third-order valence-electron chi connectivity index (χ3n) is 3.66. The van der Waals surface area contributed by atoms with E-state index in [-0.39, 0.29) is 23.1 Å². The lowest BCUT2D eigenvalue weighted by atomic mass is 9.98. The van der Waals surface area contributed by atoms with Gasteiger partial charge in [-0.25, -0.2) is 9.37 Å². The highest BCUT2D eigenvalue weighted by Crippen LogP contribution is 2.29. The third-order valence-corrected chi connectivity index (χ3v) is 4.51. The maximum absolute atomic E-state index is 14.8. The van der Waals surface area contributed by atoms with Crippen molar-refractivity contribution in [3.05, 3.63) is 62.6 Å². The molecule has 3 aromatic rings. The number of benzene rings is 2. The van der Waals surface area contributed by atoms with Gasteiger partial charge in [0.2, 0.25) is 0 Å². The first-order chi connectivity index (χ1) is 10.9. The summed E-state index contributed by atoms with van der Waals surface area (Å²) < 4.78 is 17.1. The van der Waals surface area contributed by atoms with E-state index in [0.29, 0.717) is 16.1 Å². The molecular formula is C16H10BrClFN2O2-. The number of aromatic carboxylic acids is 1. The van der Waals surface area contributed by atoms with Gasteiger partial charge in [-0.15, -0.1) is 0 Å². The van der Waals surface area contributed by atoms with Gasteiger partial charge in [0.1, 0.15) is 5.52 Å². The zero-order valence-electron chi connectivity index (χ0n) is 11.9. The minimum Gasteiger partial charge on any atom is -0.545 e. The Kier molecular flexibility index (Phi) is 4.12. The fourth-order valence-corrected chi connectivity index (χ4v) is 3.21. The molecule has 2 aromatic carbocycles. The molecule has 118 valence electrons. The molecule has 23 heavy (non-hydrogen) atoms. The Morgan fingerprint density at radius 3 is 2.83 bits per heavy atom. The lowest BCUT2D eigenvalue weighted by Crippen LogP contribution is -2.24. The number of carbonyl (C=O) groups is 1. The summed E-state index contributed by atoms with van der Waals surface area (Å²) in [6, 6.07) is 6.53. The molecule has 0 N–H and O–H groups in total. The van der Waals surface area contributed by atoms with Crippen molar-refractivity contribution < 1.29 is 14.3 Å². The number of fused-ring (bicyclic) bond motifs is 1. The van der Waals surface area contributed by atoms with Crippen LogP contribution in [-0.2, 0) is 13.5 Å².